The lowest BCUT2D eigenvalue weighted by molar-refractivity contribution is 0.0348. The summed E-state index contributed by atoms with van der Waals surface area (Å²) >= 11 is 0. The summed E-state index contributed by atoms with van der Waals surface area (Å²) in [6, 6.07) is 2.19. The van der Waals surface area contributed by atoms with Gasteiger partial charge in [0.1, 0.15) is 12.4 Å². The van der Waals surface area contributed by atoms with Crippen LogP contribution in [0.2, 0.25) is 0 Å². The van der Waals surface area contributed by atoms with E-state index in [1.54, 1.807) is 6.92 Å². The molecule has 0 aliphatic heterocycles. The van der Waals surface area contributed by atoms with Crippen LogP contribution in [-0.2, 0) is 0 Å². The van der Waals surface area contributed by atoms with E-state index in [0.717, 1.165) is 12.1 Å². The minimum absolute atomic E-state index is 0.0296. The lowest BCUT2D eigenvalue weighted by atomic mass is 9.98. The van der Waals surface area contributed by atoms with Crippen molar-refractivity contribution in [3.63, 3.8) is 0 Å². The van der Waals surface area contributed by atoms with Crippen LogP contribution in [0, 0.1) is 11.6 Å². The molecule has 0 saturated heterocycles. The van der Waals surface area contributed by atoms with E-state index in [2.05, 4.69) is 10.6 Å². The first kappa shape index (κ1) is 19.2. The maximum atomic E-state index is 13.4. The molecule has 1 unspecified atom stereocenters. The number of halogens is 2. The van der Waals surface area contributed by atoms with Crippen molar-refractivity contribution in [2.24, 2.45) is 0 Å². The molecule has 1 aromatic rings. The third-order valence-electron chi connectivity index (χ3n) is 3.65. The van der Waals surface area contributed by atoms with E-state index in [-0.39, 0.29) is 18.9 Å². The standard InChI is InChI=1S/C16H24F2N2O3/c1-4-16(22,5-2)10-19-15(21)20-11(3)9-23-14-7-6-12(17)8-13(14)18/h6-8,11,22H,4-5,9-10H2,1-3H3,(H2,19,20,21). The van der Waals surface area contributed by atoms with Crippen molar-refractivity contribution < 1.29 is 23.4 Å². The summed E-state index contributed by atoms with van der Waals surface area (Å²) in [6.07, 6.45) is 1.07. The molecule has 130 valence electrons. The quantitative estimate of drug-likeness (QED) is 0.686. The SMILES string of the molecule is CCC(O)(CC)CNC(=O)NC(C)COc1ccc(F)cc1F. The summed E-state index contributed by atoms with van der Waals surface area (Å²) in [7, 11) is 0. The number of amides is 2. The predicted molar refractivity (Wildman–Crippen MR) is 83.4 cm³/mol. The Balaban J connectivity index is 2.38. The number of benzene rings is 1. The van der Waals surface area contributed by atoms with E-state index in [1.807, 2.05) is 13.8 Å². The molecule has 0 fully saturated rings. The van der Waals surface area contributed by atoms with Gasteiger partial charge >= 0.3 is 6.03 Å². The summed E-state index contributed by atoms with van der Waals surface area (Å²) in [4.78, 5) is 11.7. The first-order valence-corrected chi connectivity index (χ1v) is 7.64. The van der Waals surface area contributed by atoms with Crippen LogP contribution in [0.25, 0.3) is 0 Å². The van der Waals surface area contributed by atoms with Crippen LogP contribution in [0.4, 0.5) is 13.6 Å². The Morgan fingerprint density at radius 3 is 2.57 bits per heavy atom. The molecule has 0 aliphatic rings. The number of carbonyl (C=O) groups is 1. The van der Waals surface area contributed by atoms with Crippen LogP contribution in [0.5, 0.6) is 5.75 Å². The van der Waals surface area contributed by atoms with Gasteiger partial charge < -0.3 is 20.5 Å². The van der Waals surface area contributed by atoms with E-state index in [1.165, 1.54) is 6.07 Å². The molecule has 1 atom stereocenters. The minimum atomic E-state index is -0.922. The van der Waals surface area contributed by atoms with Crippen molar-refractivity contribution in [1.29, 1.82) is 0 Å². The molecule has 23 heavy (non-hydrogen) atoms. The molecule has 0 bridgehead atoms. The van der Waals surface area contributed by atoms with Crippen molar-refractivity contribution >= 4 is 6.03 Å². The maximum Gasteiger partial charge on any atom is 0.315 e. The Morgan fingerprint density at radius 2 is 2.00 bits per heavy atom. The fourth-order valence-electron chi connectivity index (χ4n) is 1.87. The van der Waals surface area contributed by atoms with E-state index < -0.39 is 29.3 Å². The number of carbonyl (C=O) groups excluding carboxylic acids is 1. The molecular weight excluding hydrogens is 306 g/mol. The van der Waals surface area contributed by atoms with Gasteiger partial charge in [-0.15, -0.1) is 0 Å². The van der Waals surface area contributed by atoms with Gasteiger partial charge in [-0.25, -0.2) is 13.6 Å². The molecule has 0 aromatic heterocycles. The Labute approximate surface area is 135 Å². The second-order valence-electron chi connectivity index (χ2n) is 5.55. The lowest BCUT2D eigenvalue weighted by Crippen LogP contribution is -2.48. The van der Waals surface area contributed by atoms with Crippen LogP contribution >= 0.6 is 0 Å². The fraction of sp³-hybridized carbons (Fsp3) is 0.562. The van der Waals surface area contributed by atoms with Gasteiger partial charge in [0.15, 0.2) is 11.6 Å². The third-order valence-corrected chi connectivity index (χ3v) is 3.65. The van der Waals surface area contributed by atoms with Gasteiger partial charge in [-0.3, -0.25) is 0 Å². The molecule has 7 heteroatoms. The molecule has 1 aromatic carbocycles. The van der Waals surface area contributed by atoms with Crippen molar-refractivity contribution in [1.82, 2.24) is 10.6 Å². The van der Waals surface area contributed by atoms with Crippen LogP contribution in [0.1, 0.15) is 33.6 Å². The maximum absolute atomic E-state index is 13.4. The number of hydrogen-bond acceptors (Lipinski definition) is 3. The van der Waals surface area contributed by atoms with E-state index in [0.29, 0.717) is 12.8 Å². The van der Waals surface area contributed by atoms with E-state index in [9.17, 15) is 18.7 Å². The number of ether oxygens (including phenoxy) is 1. The highest BCUT2D eigenvalue weighted by Crippen LogP contribution is 2.17. The number of urea groups is 1. The zero-order chi connectivity index (χ0) is 17.5. The Kier molecular flexibility index (Phi) is 7.22. The number of rotatable bonds is 8. The van der Waals surface area contributed by atoms with Gasteiger partial charge in [0, 0.05) is 12.6 Å². The summed E-state index contributed by atoms with van der Waals surface area (Å²) in [6.45, 7) is 5.55. The number of aliphatic hydroxyl groups is 1. The Hall–Kier alpha value is -1.89. The highest BCUT2D eigenvalue weighted by molar-refractivity contribution is 5.74. The first-order valence-electron chi connectivity index (χ1n) is 7.64. The van der Waals surface area contributed by atoms with Gasteiger partial charge in [-0.2, -0.15) is 0 Å². The topological polar surface area (TPSA) is 70.6 Å². The average Bonchev–Trinajstić information content (AvgIpc) is 2.51. The van der Waals surface area contributed by atoms with Crippen LogP contribution in [0.3, 0.4) is 0 Å². The van der Waals surface area contributed by atoms with Crippen molar-refractivity contribution in [3.8, 4) is 5.75 Å². The smallest absolute Gasteiger partial charge is 0.315 e. The highest BCUT2D eigenvalue weighted by Gasteiger charge is 2.23. The molecule has 0 aliphatic carbocycles. The summed E-state index contributed by atoms with van der Waals surface area (Å²) in [5.74, 6) is -1.55. The molecule has 0 heterocycles. The molecule has 5 nitrogen and oxygen atoms in total. The second-order valence-corrected chi connectivity index (χ2v) is 5.55. The van der Waals surface area contributed by atoms with Crippen molar-refractivity contribution in [2.75, 3.05) is 13.2 Å². The summed E-state index contributed by atoms with van der Waals surface area (Å²) < 4.78 is 31.4. The van der Waals surface area contributed by atoms with Gasteiger partial charge in [0.05, 0.1) is 11.6 Å². The van der Waals surface area contributed by atoms with E-state index >= 15 is 0 Å². The van der Waals surface area contributed by atoms with Crippen LogP contribution in [0.15, 0.2) is 18.2 Å². The highest BCUT2D eigenvalue weighted by atomic mass is 19.1. The Bertz CT molecular complexity index is 522. The van der Waals surface area contributed by atoms with Crippen molar-refractivity contribution in [2.45, 2.75) is 45.3 Å². The van der Waals surface area contributed by atoms with Gasteiger partial charge in [0.2, 0.25) is 0 Å². The molecular formula is C16H24F2N2O3. The normalized spacial score (nSPS) is 12.6. The first-order chi connectivity index (χ1) is 10.8. The van der Waals surface area contributed by atoms with Gasteiger partial charge in [0.25, 0.3) is 0 Å². The van der Waals surface area contributed by atoms with Crippen LogP contribution < -0.4 is 15.4 Å². The van der Waals surface area contributed by atoms with E-state index in [4.69, 9.17) is 4.74 Å². The summed E-state index contributed by atoms with van der Waals surface area (Å²) in [5, 5.41) is 15.3. The Morgan fingerprint density at radius 1 is 1.35 bits per heavy atom. The zero-order valence-corrected chi connectivity index (χ0v) is 13.7. The number of hydrogen-bond donors (Lipinski definition) is 3. The second kappa shape index (κ2) is 8.67. The lowest BCUT2D eigenvalue weighted by Gasteiger charge is -2.26. The predicted octanol–water partition coefficient (Wildman–Crippen LogP) is 2.58. The van der Waals surface area contributed by atoms with Gasteiger partial charge in [-0.1, -0.05) is 13.8 Å². The minimum Gasteiger partial charge on any atom is -0.488 e. The molecule has 2 amide bonds. The largest absolute Gasteiger partial charge is 0.488 e. The molecule has 0 radical (unpaired) electrons. The average molecular weight is 330 g/mol. The molecule has 1 rings (SSSR count). The molecule has 0 saturated carbocycles. The van der Waals surface area contributed by atoms with Gasteiger partial charge in [-0.05, 0) is 31.9 Å². The number of nitrogens with one attached hydrogen (secondary N) is 2. The molecule has 0 spiro atoms. The zero-order valence-electron chi connectivity index (χ0n) is 13.7. The summed E-state index contributed by atoms with van der Waals surface area (Å²) in [5.41, 5.74) is -0.922. The fourth-order valence-corrected chi connectivity index (χ4v) is 1.87. The van der Waals surface area contributed by atoms with Crippen LogP contribution in [-0.4, -0.2) is 35.9 Å². The third kappa shape index (κ3) is 6.40. The van der Waals surface area contributed by atoms with Crippen molar-refractivity contribution in [3.05, 3.63) is 29.8 Å². The monoisotopic (exact) mass is 330 g/mol. The molecule has 3 N–H and O–H groups in total.